The maximum Gasteiger partial charge on any atom is 0.433 e. The van der Waals surface area contributed by atoms with E-state index in [4.69, 9.17) is 4.99 Å². The standard InChI is InChI=1S/C24H23BrF4N4O2/c25-14-10-17(26)16(12-34)18(11-14)33-8-6-23(7-9-33)22(35)31-21(32-23)15-4-5-19(24(27,28)29)30-20(15)13-2-1-3-13/h4-5,10-11,13,34H,1-3,6-9,12H2,(H,31,32,35). The number of rotatable bonds is 4. The highest BCUT2D eigenvalue weighted by Crippen LogP contribution is 2.41. The van der Waals surface area contributed by atoms with Crippen LogP contribution < -0.4 is 10.2 Å². The third-order valence-corrected chi connectivity index (χ3v) is 7.63. The van der Waals surface area contributed by atoms with Gasteiger partial charge in [0.15, 0.2) is 0 Å². The number of piperidine rings is 1. The molecular weight excluding hydrogens is 532 g/mol. The molecule has 3 aliphatic rings. The van der Waals surface area contributed by atoms with Crippen LogP contribution in [0.2, 0.25) is 0 Å². The zero-order chi connectivity index (χ0) is 25.0. The van der Waals surface area contributed by atoms with Gasteiger partial charge in [0.05, 0.1) is 12.3 Å². The smallest absolute Gasteiger partial charge is 0.391 e. The molecule has 1 aromatic carbocycles. The minimum atomic E-state index is -4.55. The van der Waals surface area contributed by atoms with Crippen LogP contribution in [0.5, 0.6) is 0 Å². The minimum Gasteiger partial charge on any atom is -0.391 e. The zero-order valence-electron chi connectivity index (χ0n) is 18.6. The fourth-order valence-corrected chi connectivity index (χ4v) is 5.37. The summed E-state index contributed by atoms with van der Waals surface area (Å²) < 4.78 is 54.7. The number of halogens is 5. The van der Waals surface area contributed by atoms with Crippen LogP contribution in [0.4, 0.5) is 23.2 Å². The van der Waals surface area contributed by atoms with E-state index in [1.54, 1.807) is 6.07 Å². The van der Waals surface area contributed by atoms with Gasteiger partial charge in [0.1, 0.15) is 22.9 Å². The highest BCUT2D eigenvalue weighted by atomic mass is 79.9. The summed E-state index contributed by atoms with van der Waals surface area (Å²) in [5, 5.41) is 12.4. The van der Waals surface area contributed by atoms with Crippen molar-refractivity contribution in [3.63, 3.8) is 0 Å². The highest BCUT2D eigenvalue weighted by Gasteiger charge is 2.47. The second-order valence-corrected chi connectivity index (χ2v) is 10.1. The quantitative estimate of drug-likeness (QED) is 0.538. The summed E-state index contributed by atoms with van der Waals surface area (Å²) in [5.74, 6) is -0.645. The van der Waals surface area contributed by atoms with Crippen molar-refractivity contribution in [2.45, 2.75) is 56.3 Å². The van der Waals surface area contributed by atoms with Crippen LogP contribution in [0.3, 0.4) is 0 Å². The summed E-state index contributed by atoms with van der Waals surface area (Å²) in [6.45, 7) is 0.339. The molecular formula is C24H23BrF4N4O2. The van der Waals surface area contributed by atoms with E-state index in [1.807, 2.05) is 4.90 Å². The lowest BCUT2D eigenvalue weighted by Gasteiger charge is -2.37. The summed E-state index contributed by atoms with van der Waals surface area (Å²) >= 11 is 3.28. The Bertz CT molecular complexity index is 1200. The number of hydrogen-bond acceptors (Lipinski definition) is 5. The zero-order valence-corrected chi connectivity index (χ0v) is 20.2. The van der Waals surface area contributed by atoms with E-state index >= 15 is 0 Å². The Morgan fingerprint density at radius 1 is 1.20 bits per heavy atom. The first kappa shape index (κ1) is 24.2. The molecule has 1 spiro atoms. The lowest BCUT2D eigenvalue weighted by Crippen LogP contribution is -2.49. The molecule has 2 N–H and O–H groups in total. The van der Waals surface area contributed by atoms with Gasteiger partial charge >= 0.3 is 6.18 Å². The van der Waals surface area contributed by atoms with Crippen LogP contribution in [-0.2, 0) is 17.6 Å². The highest BCUT2D eigenvalue weighted by molar-refractivity contribution is 9.10. The predicted molar refractivity (Wildman–Crippen MR) is 125 cm³/mol. The Hall–Kier alpha value is -2.53. The molecule has 1 aliphatic carbocycles. The van der Waals surface area contributed by atoms with Crippen molar-refractivity contribution in [3.05, 3.63) is 57.1 Å². The second kappa shape index (κ2) is 8.85. The molecule has 0 radical (unpaired) electrons. The topological polar surface area (TPSA) is 77.8 Å². The van der Waals surface area contributed by atoms with E-state index in [0.717, 1.165) is 25.3 Å². The Morgan fingerprint density at radius 3 is 2.51 bits per heavy atom. The van der Waals surface area contributed by atoms with Crippen molar-refractivity contribution < 1.29 is 27.5 Å². The molecule has 1 amide bonds. The molecule has 0 atom stereocenters. The van der Waals surface area contributed by atoms with Crippen LogP contribution >= 0.6 is 15.9 Å². The molecule has 0 unspecified atom stereocenters. The number of aliphatic imine (C=N–C) groups is 1. The van der Waals surface area contributed by atoms with E-state index in [-0.39, 0.29) is 23.2 Å². The second-order valence-electron chi connectivity index (χ2n) is 9.23. The van der Waals surface area contributed by atoms with Crippen molar-refractivity contribution in [1.29, 1.82) is 0 Å². The molecule has 2 aromatic rings. The molecule has 35 heavy (non-hydrogen) atoms. The lowest BCUT2D eigenvalue weighted by atomic mass is 9.80. The van der Waals surface area contributed by atoms with E-state index in [9.17, 15) is 27.5 Å². The Kier molecular flexibility index (Phi) is 6.11. The first-order valence-electron chi connectivity index (χ1n) is 11.4. The molecule has 1 saturated heterocycles. The van der Waals surface area contributed by atoms with Gasteiger partial charge < -0.3 is 15.3 Å². The maximum absolute atomic E-state index is 14.3. The van der Waals surface area contributed by atoms with Crippen molar-refractivity contribution in [2.75, 3.05) is 18.0 Å². The molecule has 2 fully saturated rings. The molecule has 1 aromatic heterocycles. The van der Waals surface area contributed by atoms with Gasteiger partial charge in [-0.05, 0) is 49.9 Å². The number of aliphatic hydroxyl groups is 1. The number of nitrogens with one attached hydrogen (secondary N) is 1. The van der Waals surface area contributed by atoms with E-state index in [1.165, 1.54) is 12.1 Å². The predicted octanol–water partition coefficient (Wildman–Crippen LogP) is 4.68. The molecule has 6 nitrogen and oxygen atoms in total. The number of amidine groups is 1. The lowest BCUT2D eigenvalue weighted by molar-refractivity contribution is -0.141. The summed E-state index contributed by atoms with van der Waals surface area (Å²) in [5.41, 5.74) is -0.489. The average Bonchev–Trinajstić information content (AvgIpc) is 3.07. The van der Waals surface area contributed by atoms with Crippen LogP contribution in [0, 0.1) is 5.82 Å². The molecule has 186 valence electrons. The third-order valence-electron chi connectivity index (χ3n) is 7.17. The van der Waals surface area contributed by atoms with Gasteiger partial charge in [-0.2, -0.15) is 13.2 Å². The SMILES string of the molecule is O=C1NC(c2ccc(C(F)(F)F)nc2C2CCC2)=NC12CCN(c1cc(Br)cc(F)c1CO)CC2. The number of aliphatic hydroxyl groups excluding tert-OH is 1. The first-order valence-corrected chi connectivity index (χ1v) is 12.2. The average molecular weight is 555 g/mol. The normalized spacial score (nSPS) is 20.1. The van der Waals surface area contributed by atoms with Gasteiger partial charge in [-0.1, -0.05) is 22.4 Å². The van der Waals surface area contributed by atoms with Gasteiger partial charge in [0.25, 0.3) is 5.91 Å². The molecule has 2 aliphatic heterocycles. The summed E-state index contributed by atoms with van der Waals surface area (Å²) in [6, 6.07) is 5.31. The van der Waals surface area contributed by atoms with Crippen LogP contribution in [0.25, 0.3) is 0 Å². The molecule has 5 rings (SSSR count). The van der Waals surface area contributed by atoms with Crippen LogP contribution in [0.1, 0.15) is 60.5 Å². The molecule has 0 bridgehead atoms. The summed E-state index contributed by atoms with van der Waals surface area (Å²) in [4.78, 5) is 23.6. The van der Waals surface area contributed by atoms with Gasteiger partial charge in [0, 0.05) is 40.3 Å². The Labute approximate surface area is 207 Å². The Morgan fingerprint density at radius 2 is 1.91 bits per heavy atom. The minimum absolute atomic E-state index is 0.0892. The number of aromatic nitrogens is 1. The number of alkyl halides is 3. The monoisotopic (exact) mass is 554 g/mol. The first-order chi connectivity index (χ1) is 16.6. The number of amides is 1. The summed E-state index contributed by atoms with van der Waals surface area (Å²) in [6.07, 6.45) is -1.45. The van der Waals surface area contributed by atoms with Crippen LogP contribution in [0.15, 0.2) is 33.7 Å². The van der Waals surface area contributed by atoms with E-state index in [0.29, 0.717) is 47.3 Å². The fourth-order valence-electron chi connectivity index (χ4n) is 4.96. The van der Waals surface area contributed by atoms with Gasteiger partial charge in [-0.3, -0.25) is 9.79 Å². The fraction of sp³-hybridized carbons (Fsp3) is 0.458. The maximum atomic E-state index is 14.3. The van der Waals surface area contributed by atoms with E-state index < -0.39 is 29.8 Å². The number of carbonyl (C=O) groups excluding carboxylic acids is 1. The number of pyridine rings is 1. The largest absolute Gasteiger partial charge is 0.433 e. The third kappa shape index (κ3) is 4.33. The number of carbonyl (C=O) groups is 1. The molecule has 3 heterocycles. The van der Waals surface area contributed by atoms with Gasteiger partial charge in [-0.25, -0.2) is 9.37 Å². The van der Waals surface area contributed by atoms with Crippen LogP contribution in [-0.4, -0.2) is 40.5 Å². The van der Waals surface area contributed by atoms with Crippen molar-refractivity contribution in [2.24, 2.45) is 4.99 Å². The number of nitrogens with zero attached hydrogens (tertiary/aromatic N) is 3. The summed E-state index contributed by atoms with van der Waals surface area (Å²) in [7, 11) is 0. The van der Waals surface area contributed by atoms with Crippen molar-refractivity contribution >= 4 is 33.4 Å². The van der Waals surface area contributed by atoms with E-state index in [2.05, 4.69) is 26.2 Å². The number of anilines is 1. The van der Waals surface area contributed by atoms with Crippen molar-refractivity contribution in [3.8, 4) is 0 Å². The Balaban J connectivity index is 1.43. The number of benzene rings is 1. The van der Waals surface area contributed by atoms with Gasteiger partial charge in [0.2, 0.25) is 0 Å². The van der Waals surface area contributed by atoms with Crippen molar-refractivity contribution in [1.82, 2.24) is 10.3 Å². The molecule has 1 saturated carbocycles. The number of hydrogen-bond donors (Lipinski definition) is 2. The van der Waals surface area contributed by atoms with Gasteiger partial charge in [-0.15, -0.1) is 0 Å². The molecule has 11 heteroatoms.